The number of rotatable bonds is 4. The fourth-order valence-electron chi connectivity index (χ4n) is 2.58. The highest BCUT2D eigenvalue weighted by Gasteiger charge is 2.17. The molecule has 0 aliphatic rings. The van der Waals surface area contributed by atoms with Gasteiger partial charge in [0, 0.05) is 20.2 Å². The van der Waals surface area contributed by atoms with E-state index in [-0.39, 0.29) is 5.82 Å². The number of anilines is 1. The summed E-state index contributed by atoms with van der Waals surface area (Å²) in [5.41, 5.74) is -1.01. The van der Waals surface area contributed by atoms with Crippen molar-refractivity contribution in [3.05, 3.63) is 69.4 Å². The molecule has 1 atom stereocenters. The number of hydrogen-bond donors (Lipinski definition) is 1. The summed E-state index contributed by atoms with van der Waals surface area (Å²) >= 11 is 0. The molecule has 1 amide bonds. The van der Waals surface area contributed by atoms with Crippen LogP contribution in [0.15, 0.2) is 58.1 Å². The Kier molecular flexibility index (Phi) is 4.62. The standard InChI is InChI=1S/C19H19N3O4/c1-12(26-15-9-8-13-6-4-5-7-14(13)10-15)18(24)20-16-11-17(23)22(3)19(25)21(16)2/h4-12H,1-3H3,(H,20,24). The fraction of sp³-hybridized carbons (Fsp3) is 0.211. The average molecular weight is 353 g/mol. The van der Waals surface area contributed by atoms with Gasteiger partial charge in [-0.1, -0.05) is 30.3 Å². The van der Waals surface area contributed by atoms with Crippen LogP contribution in [0.1, 0.15) is 6.92 Å². The van der Waals surface area contributed by atoms with Crippen molar-refractivity contribution < 1.29 is 9.53 Å². The predicted octanol–water partition coefficient (Wildman–Crippen LogP) is 1.64. The van der Waals surface area contributed by atoms with Crippen LogP contribution >= 0.6 is 0 Å². The molecule has 0 aliphatic carbocycles. The van der Waals surface area contributed by atoms with Crippen molar-refractivity contribution in [2.45, 2.75) is 13.0 Å². The second-order valence-electron chi connectivity index (χ2n) is 6.03. The normalized spacial score (nSPS) is 12.0. The second-order valence-corrected chi connectivity index (χ2v) is 6.03. The Bertz CT molecular complexity index is 1100. The zero-order valence-corrected chi connectivity index (χ0v) is 14.7. The molecular weight excluding hydrogens is 334 g/mol. The van der Waals surface area contributed by atoms with Crippen LogP contribution in [0.2, 0.25) is 0 Å². The van der Waals surface area contributed by atoms with Crippen LogP contribution in [-0.2, 0) is 18.9 Å². The second kappa shape index (κ2) is 6.87. The van der Waals surface area contributed by atoms with Crippen LogP contribution in [0.4, 0.5) is 5.82 Å². The Labute approximate surface area is 149 Å². The Balaban J connectivity index is 1.77. The molecule has 0 radical (unpaired) electrons. The molecule has 1 heterocycles. The third-order valence-electron chi connectivity index (χ3n) is 4.18. The summed E-state index contributed by atoms with van der Waals surface area (Å²) in [6.45, 7) is 1.60. The van der Waals surface area contributed by atoms with Gasteiger partial charge in [-0.2, -0.15) is 0 Å². The smallest absolute Gasteiger partial charge is 0.332 e. The largest absolute Gasteiger partial charge is 0.481 e. The molecule has 0 spiro atoms. The van der Waals surface area contributed by atoms with E-state index in [0.29, 0.717) is 5.75 Å². The molecule has 1 aromatic heterocycles. The van der Waals surface area contributed by atoms with E-state index in [2.05, 4.69) is 5.32 Å². The summed E-state index contributed by atoms with van der Waals surface area (Å²) < 4.78 is 7.86. The van der Waals surface area contributed by atoms with E-state index in [0.717, 1.165) is 15.3 Å². The van der Waals surface area contributed by atoms with Crippen molar-refractivity contribution in [2.24, 2.45) is 14.1 Å². The Morgan fingerprint density at radius 2 is 1.69 bits per heavy atom. The van der Waals surface area contributed by atoms with Crippen molar-refractivity contribution in [1.29, 1.82) is 0 Å². The van der Waals surface area contributed by atoms with Crippen molar-refractivity contribution in [1.82, 2.24) is 9.13 Å². The van der Waals surface area contributed by atoms with Gasteiger partial charge < -0.3 is 10.1 Å². The van der Waals surface area contributed by atoms with E-state index >= 15 is 0 Å². The zero-order valence-electron chi connectivity index (χ0n) is 14.7. The third kappa shape index (κ3) is 3.37. The lowest BCUT2D eigenvalue weighted by Crippen LogP contribution is -2.39. The first-order valence-corrected chi connectivity index (χ1v) is 8.10. The molecule has 0 saturated carbocycles. The number of amides is 1. The van der Waals surface area contributed by atoms with E-state index in [4.69, 9.17) is 4.74 Å². The highest BCUT2D eigenvalue weighted by molar-refractivity contribution is 5.93. The van der Waals surface area contributed by atoms with E-state index in [1.807, 2.05) is 36.4 Å². The van der Waals surface area contributed by atoms with Crippen molar-refractivity contribution in [2.75, 3.05) is 5.32 Å². The summed E-state index contributed by atoms with van der Waals surface area (Å²) in [5, 5.41) is 4.64. The molecule has 0 bridgehead atoms. The van der Waals surface area contributed by atoms with Gasteiger partial charge in [0.1, 0.15) is 11.6 Å². The molecule has 7 nitrogen and oxygen atoms in total. The van der Waals surface area contributed by atoms with E-state index in [9.17, 15) is 14.4 Å². The summed E-state index contributed by atoms with van der Waals surface area (Å²) in [6, 6.07) is 14.6. The minimum Gasteiger partial charge on any atom is -0.481 e. The lowest BCUT2D eigenvalue weighted by Gasteiger charge is -2.16. The van der Waals surface area contributed by atoms with Gasteiger partial charge in [-0.15, -0.1) is 0 Å². The van der Waals surface area contributed by atoms with Gasteiger partial charge in [-0.3, -0.25) is 18.7 Å². The fourth-order valence-corrected chi connectivity index (χ4v) is 2.58. The maximum atomic E-state index is 12.4. The van der Waals surface area contributed by atoms with E-state index < -0.39 is 23.3 Å². The molecule has 2 aromatic carbocycles. The molecule has 0 saturated heterocycles. The molecular formula is C19H19N3O4. The SMILES string of the molecule is CC(Oc1ccc2ccccc2c1)C(=O)Nc1cc(=O)n(C)c(=O)n1C. The number of hydrogen-bond acceptors (Lipinski definition) is 4. The monoisotopic (exact) mass is 353 g/mol. The van der Waals surface area contributed by atoms with Crippen LogP contribution < -0.4 is 21.3 Å². The number of aromatic nitrogens is 2. The van der Waals surface area contributed by atoms with Crippen LogP contribution in [0.3, 0.4) is 0 Å². The topological polar surface area (TPSA) is 82.3 Å². The average Bonchev–Trinajstić information content (AvgIpc) is 2.64. The number of carbonyl (C=O) groups excluding carboxylic acids is 1. The lowest BCUT2D eigenvalue weighted by molar-refractivity contribution is -0.122. The van der Waals surface area contributed by atoms with Crippen LogP contribution in [0, 0.1) is 0 Å². The molecule has 3 rings (SSSR count). The third-order valence-corrected chi connectivity index (χ3v) is 4.18. The number of nitrogens with zero attached hydrogens (tertiary/aromatic N) is 2. The van der Waals surface area contributed by atoms with Crippen LogP contribution in [0.25, 0.3) is 10.8 Å². The Morgan fingerprint density at radius 3 is 2.42 bits per heavy atom. The molecule has 26 heavy (non-hydrogen) atoms. The summed E-state index contributed by atoms with van der Waals surface area (Å²) in [5.74, 6) is 0.225. The van der Waals surface area contributed by atoms with Crippen LogP contribution in [-0.4, -0.2) is 21.1 Å². The van der Waals surface area contributed by atoms with Crippen molar-refractivity contribution in [3.8, 4) is 5.75 Å². The maximum absolute atomic E-state index is 12.4. The highest BCUT2D eigenvalue weighted by atomic mass is 16.5. The minimum atomic E-state index is -0.810. The van der Waals surface area contributed by atoms with Gasteiger partial charge in [0.15, 0.2) is 6.10 Å². The number of ether oxygens (including phenoxy) is 1. The summed E-state index contributed by atoms with van der Waals surface area (Å²) in [7, 11) is 2.86. The van der Waals surface area contributed by atoms with Gasteiger partial charge >= 0.3 is 5.69 Å². The van der Waals surface area contributed by atoms with Gasteiger partial charge in [0.05, 0.1) is 0 Å². The number of carbonyl (C=O) groups is 1. The van der Waals surface area contributed by atoms with E-state index in [1.165, 1.54) is 24.7 Å². The summed E-state index contributed by atoms with van der Waals surface area (Å²) in [6.07, 6.45) is -0.810. The molecule has 0 aliphatic heterocycles. The zero-order chi connectivity index (χ0) is 18.8. The van der Waals surface area contributed by atoms with Gasteiger partial charge in [-0.25, -0.2) is 4.79 Å². The first kappa shape index (κ1) is 17.5. The molecule has 1 N–H and O–H groups in total. The molecule has 0 fully saturated rings. The predicted molar refractivity (Wildman–Crippen MR) is 99.6 cm³/mol. The quantitative estimate of drug-likeness (QED) is 0.773. The maximum Gasteiger partial charge on any atom is 0.332 e. The molecule has 134 valence electrons. The number of fused-ring (bicyclic) bond motifs is 1. The summed E-state index contributed by atoms with van der Waals surface area (Å²) in [4.78, 5) is 36.0. The number of benzene rings is 2. The Hall–Kier alpha value is -3.35. The molecule has 3 aromatic rings. The Morgan fingerprint density at radius 1 is 1.00 bits per heavy atom. The van der Waals surface area contributed by atoms with E-state index in [1.54, 1.807) is 13.0 Å². The van der Waals surface area contributed by atoms with Crippen molar-refractivity contribution in [3.63, 3.8) is 0 Å². The highest BCUT2D eigenvalue weighted by Crippen LogP contribution is 2.21. The molecule has 1 unspecified atom stereocenters. The first-order chi connectivity index (χ1) is 12.4. The van der Waals surface area contributed by atoms with Crippen molar-refractivity contribution >= 4 is 22.5 Å². The molecule has 7 heteroatoms. The van der Waals surface area contributed by atoms with Gasteiger partial charge in [-0.05, 0) is 29.8 Å². The minimum absolute atomic E-state index is 0.122. The van der Waals surface area contributed by atoms with Gasteiger partial charge in [0.2, 0.25) is 0 Å². The number of nitrogens with one attached hydrogen (secondary N) is 1. The lowest BCUT2D eigenvalue weighted by atomic mass is 10.1. The van der Waals surface area contributed by atoms with Gasteiger partial charge in [0.25, 0.3) is 11.5 Å². The first-order valence-electron chi connectivity index (χ1n) is 8.10. The van der Waals surface area contributed by atoms with Crippen LogP contribution in [0.5, 0.6) is 5.75 Å².